The average molecular weight is 353 g/mol. The van der Waals surface area contributed by atoms with E-state index >= 15 is 0 Å². The van der Waals surface area contributed by atoms with E-state index in [9.17, 15) is 4.79 Å². The molecular weight excluding hydrogens is 328 g/mol. The fourth-order valence-electron chi connectivity index (χ4n) is 3.08. The van der Waals surface area contributed by atoms with Gasteiger partial charge in [0.1, 0.15) is 0 Å². The van der Waals surface area contributed by atoms with Crippen molar-refractivity contribution in [3.8, 4) is 0 Å². The quantitative estimate of drug-likeness (QED) is 0.853. The van der Waals surface area contributed by atoms with Crippen molar-refractivity contribution in [2.24, 2.45) is 11.7 Å². The molecule has 3 N–H and O–H groups in total. The third kappa shape index (κ3) is 4.82. The van der Waals surface area contributed by atoms with Gasteiger partial charge in [-0.3, -0.25) is 4.79 Å². The molecule has 1 aromatic carbocycles. The highest BCUT2D eigenvalue weighted by Crippen LogP contribution is 2.23. The van der Waals surface area contributed by atoms with Crippen molar-refractivity contribution in [3.05, 3.63) is 33.8 Å². The zero-order valence-electron chi connectivity index (χ0n) is 12.7. The number of carbonyl (C=O) groups is 1. The van der Waals surface area contributed by atoms with Crippen molar-refractivity contribution in [2.45, 2.75) is 51.5 Å². The fourth-order valence-corrected chi connectivity index (χ4v) is 3.33. The summed E-state index contributed by atoms with van der Waals surface area (Å²) < 4.78 is 1.11. The Bertz CT molecular complexity index is 490. The van der Waals surface area contributed by atoms with Crippen molar-refractivity contribution in [1.29, 1.82) is 0 Å². The summed E-state index contributed by atoms with van der Waals surface area (Å²) >= 11 is 3.50. The summed E-state index contributed by atoms with van der Waals surface area (Å²) in [5, 5.41) is 3.19. The normalized spacial score (nSPS) is 22.0. The predicted octanol–water partition coefficient (Wildman–Crippen LogP) is 3.32. The highest BCUT2D eigenvalue weighted by atomic mass is 79.9. The third-order valence-corrected chi connectivity index (χ3v) is 5.31. The maximum absolute atomic E-state index is 12.1. The Morgan fingerprint density at radius 3 is 2.86 bits per heavy atom. The zero-order chi connectivity index (χ0) is 15.2. The van der Waals surface area contributed by atoms with Gasteiger partial charge in [0, 0.05) is 16.9 Å². The van der Waals surface area contributed by atoms with Crippen LogP contribution in [0.1, 0.15) is 43.2 Å². The van der Waals surface area contributed by atoms with Crippen molar-refractivity contribution >= 4 is 21.8 Å². The predicted molar refractivity (Wildman–Crippen MR) is 90.1 cm³/mol. The number of aryl methyl sites for hydroxylation is 2. The zero-order valence-corrected chi connectivity index (χ0v) is 14.3. The highest BCUT2D eigenvalue weighted by Gasteiger charge is 2.24. The molecule has 0 heterocycles. The maximum Gasteiger partial charge on any atom is 0.220 e. The second-order valence-corrected chi connectivity index (χ2v) is 6.89. The molecule has 0 radical (unpaired) electrons. The minimum atomic E-state index is 0.154. The molecule has 2 rings (SSSR count). The minimum absolute atomic E-state index is 0.154. The van der Waals surface area contributed by atoms with Gasteiger partial charge in [-0.1, -0.05) is 40.9 Å². The Hall–Kier alpha value is -0.870. The van der Waals surface area contributed by atoms with Crippen LogP contribution < -0.4 is 11.1 Å². The monoisotopic (exact) mass is 352 g/mol. The van der Waals surface area contributed by atoms with Gasteiger partial charge in [-0.25, -0.2) is 0 Å². The minimum Gasteiger partial charge on any atom is -0.353 e. The van der Waals surface area contributed by atoms with Crippen molar-refractivity contribution in [3.63, 3.8) is 0 Å². The molecule has 116 valence electrons. The van der Waals surface area contributed by atoms with Crippen LogP contribution in [0.2, 0.25) is 0 Å². The number of nitrogens with one attached hydrogen (secondary N) is 1. The molecule has 1 fully saturated rings. The van der Waals surface area contributed by atoms with Crippen molar-refractivity contribution < 1.29 is 4.79 Å². The molecule has 1 saturated carbocycles. The van der Waals surface area contributed by atoms with E-state index in [1.165, 1.54) is 24.0 Å². The van der Waals surface area contributed by atoms with Crippen molar-refractivity contribution in [1.82, 2.24) is 5.32 Å². The molecule has 2 unspecified atom stereocenters. The number of hydrogen-bond acceptors (Lipinski definition) is 2. The number of carbonyl (C=O) groups excluding carboxylic acids is 1. The van der Waals surface area contributed by atoms with Gasteiger partial charge in [-0.05, 0) is 55.8 Å². The molecule has 0 aliphatic heterocycles. The second-order valence-electron chi connectivity index (χ2n) is 6.04. The molecule has 0 saturated heterocycles. The van der Waals surface area contributed by atoms with Crippen LogP contribution >= 0.6 is 15.9 Å². The molecule has 1 aromatic rings. The molecule has 1 aliphatic carbocycles. The molecule has 0 spiro atoms. The topological polar surface area (TPSA) is 55.1 Å². The van der Waals surface area contributed by atoms with Crippen LogP contribution in [0.25, 0.3) is 0 Å². The first-order chi connectivity index (χ1) is 10.1. The Kier molecular flexibility index (Phi) is 6.24. The molecule has 2 atom stereocenters. The van der Waals surface area contributed by atoms with E-state index in [1.54, 1.807) is 0 Å². The first kappa shape index (κ1) is 16.5. The van der Waals surface area contributed by atoms with E-state index in [0.29, 0.717) is 18.9 Å². The van der Waals surface area contributed by atoms with E-state index in [1.807, 2.05) is 6.07 Å². The molecule has 0 aromatic heterocycles. The molecule has 1 amide bonds. The molecule has 0 bridgehead atoms. The largest absolute Gasteiger partial charge is 0.353 e. The smallest absolute Gasteiger partial charge is 0.220 e. The van der Waals surface area contributed by atoms with Crippen LogP contribution in [0.4, 0.5) is 0 Å². The number of halogens is 1. The lowest BCUT2D eigenvalue weighted by molar-refractivity contribution is -0.122. The first-order valence-electron chi connectivity index (χ1n) is 7.84. The van der Waals surface area contributed by atoms with Crippen LogP contribution in [-0.4, -0.2) is 18.5 Å². The highest BCUT2D eigenvalue weighted by molar-refractivity contribution is 9.10. The van der Waals surface area contributed by atoms with Gasteiger partial charge in [-0.15, -0.1) is 0 Å². The molecule has 21 heavy (non-hydrogen) atoms. The van der Waals surface area contributed by atoms with Crippen LogP contribution in [0.3, 0.4) is 0 Å². The SMILES string of the molecule is Cc1cc(CCC(=O)NC2CCCCC2CN)ccc1Br. The number of benzene rings is 1. The fraction of sp³-hybridized carbons (Fsp3) is 0.588. The van der Waals surface area contributed by atoms with E-state index < -0.39 is 0 Å². The van der Waals surface area contributed by atoms with Gasteiger partial charge in [0.05, 0.1) is 0 Å². The van der Waals surface area contributed by atoms with Gasteiger partial charge < -0.3 is 11.1 Å². The summed E-state index contributed by atoms with van der Waals surface area (Å²) in [6.07, 6.45) is 6.01. The summed E-state index contributed by atoms with van der Waals surface area (Å²) in [7, 11) is 0. The van der Waals surface area contributed by atoms with Crippen LogP contribution in [0, 0.1) is 12.8 Å². The lowest BCUT2D eigenvalue weighted by atomic mass is 9.84. The van der Waals surface area contributed by atoms with E-state index in [0.717, 1.165) is 23.7 Å². The van der Waals surface area contributed by atoms with Gasteiger partial charge in [-0.2, -0.15) is 0 Å². The van der Waals surface area contributed by atoms with Gasteiger partial charge in [0.25, 0.3) is 0 Å². The second kappa shape index (κ2) is 7.95. The molecule has 3 nitrogen and oxygen atoms in total. The summed E-state index contributed by atoms with van der Waals surface area (Å²) in [5.41, 5.74) is 8.23. The lowest BCUT2D eigenvalue weighted by Gasteiger charge is -2.31. The van der Waals surface area contributed by atoms with Crippen LogP contribution in [0.15, 0.2) is 22.7 Å². The Balaban J connectivity index is 1.82. The standard InChI is InChI=1S/C17H25BrN2O/c1-12-10-13(6-8-15(12)18)7-9-17(21)20-16-5-3-2-4-14(16)11-19/h6,8,10,14,16H,2-5,7,9,11,19H2,1H3,(H,20,21). The third-order valence-electron chi connectivity index (χ3n) is 4.42. The van der Waals surface area contributed by atoms with Gasteiger partial charge in [0.15, 0.2) is 0 Å². The number of hydrogen-bond donors (Lipinski definition) is 2. The number of rotatable bonds is 5. The summed E-state index contributed by atoms with van der Waals surface area (Å²) in [5.74, 6) is 0.610. The van der Waals surface area contributed by atoms with E-state index in [2.05, 4.69) is 40.3 Å². The van der Waals surface area contributed by atoms with Crippen molar-refractivity contribution in [2.75, 3.05) is 6.54 Å². The Morgan fingerprint density at radius 2 is 2.14 bits per heavy atom. The summed E-state index contributed by atoms with van der Waals surface area (Å²) in [6, 6.07) is 6.55. The average Bonchev–Trinajstić information content (AvgIpc) is 2.49. The lowest BCUT2D eigenvalue weighted by Crippen LogP contribution is -2.44. The van der Waals surface area contributed by atoms with Crippen LogP contribution in [-0.2, 0) is 11.2 Å². The van der Waals surface area contributed by atoms with E-state index in [-0.39, 0.29) is 11.9 Å². The molecule has 4 heteroatoms. The van der Waals surface area contributed by atoms with E-state index in [4.69, 9.17) is 5.73 Å². The molecule has 1 aliphatic rings. The van der Waals surface area contributed by atoms with Gasteiger partial charge >= 0.3 is 0 Å². The Morgan fingerprint density at radius 1 is 1.38 bits per heavy atom. The molecular formula is C17H25BrN2O. The van der Waals surface area contributed by atoms with Crippen LogP contribution in [0.5, 0.6) is 0 Å². The first-order valence-corrected chi connectivity index (χ1v) is 8.64. The Labute approximate surface area is 135 Å². The number of amides is 1. The maximum atomic E-state index is 12.1. The number of nitrogens with two attached hydrogens (primary N) is 1. The van der Waals surface area contributed by atoms with Gasteiger partial charge in [0.2, 0.25) is 5.91 Å². The summed E-state index contributed by atoms with van der Waals surface area (Å²) in [4.78, 5) is 12.1. The summed E-state index contributed by atoms with van der Waals surface area (Å²) in [6.45, 7) is 2.75.